The Morgan fingerprint density at radius 1 is 0.512 bits per heavy atom. The van der Waals surface area contributed by atoms with Crippen LogP contribution in [0.5, 0.6) is 0 Å². The van der Waals surface area contributed by atoms with E-state index in [-0.39, 0.29) is 128 Å². The predicted octanol–water partition coefficient (Wildman–Crippen LogP) is 11.2. The van der Waals surface area contributed by atoms with Gasteiger partial charge in [0.05, 0.1) is 23.1 Å². The molecule has 434 valence electrons. The molecule has 24 heteroatoms. The normalized spacial score (nSPS) is 9.94. The van der Waals surface area contributed by atoms with Crippen molar-refractivity contribution in [1.29, 1.82) is 0 Å². The third-order valence-electron chi connectivity index (χ3n) is 12.2. The zero-order chi connectivity index (χ0) is 58.5. The third-order valence-corrected chi connectivity index (χ3v) is 13.5. The number of hydrogen-bond acceptors (Lipinski definition) is 8. The van der Waals surface area contributed by atoms with Crippen LogP contribution >= 0.6 is 50.7 Å². The van der Waals surface area contributed by atoms with Crippen LogP contribution in [0.15, 0.2) is 165 Å². The number of benzene rings is 6. The molecule has 84 heavy (non-hydrogen) atoms. The molecule has 0 saturated heterocycles. The minimum absolute atomic E-state index is 0. The van der Waals surface area contributed by atoms with Crippen molar-refractivity contribution >= 4 is 101 Å². The molecule has 3 aromatic heterocycles. The van der Waals surface area contributed by atoms with Crippen LogP contribution in [0.4, 0.5) is 0 Å². The number of alkyl halides is 1. The molecule has 6 aromatic carbocycles. The zero-order valence-corrected chi connectivity index (χ0v) is 50.7. The Balaban J connectivity index is 0.000000605. The number of hydrogen-bond donors (Lipinski definition) is 1. The largest absolute Gasteiger partial charge is 1.00 e. The second kappa shape index (κ2) is 33.0. The van der Waals surface area contributed by atoms with Crippen molar-refractivity contribution < 1.29 is 45.4 Å². The molecule has 19 nitrogen and oxygen atoms in total. The van der Waals surface area contributed by atoms with Gasteiger partial charge in [0.15, 0.2) is 16.3 Å². The maximum Gasteiger partial charge on any atom is 1.00 e. The molecule has 0 saturated carbocycles. The Hall–Kier alpha value is -7.71. The summed E-state index contributed by atoms with van der Waals surface area (Å²) >= 11 is 21.9. The van der Waals surface area contributed by atoms with Crippen molar-refractivity contribution in [2.45, 2.75) is 40.7 Å². The van der Waals surface area contributed by atoms with E-state index in [4.69, 9.17) is 57.1 Å². The number of nitrogens with zero attached hydrogens (tertiary/aromatic N) is 12. The van der Waals surface area contributed by atoms with Crippen molar-refractivity contribution in [1.82, 2.24) is 28.4 Å². The SMILES string of the molecule is C.C.C.CN(C)C(=O)c1c(CBr)c(=O)c2ccc(Cl)cc2n1-c1ccccc1.CN(C)C(=O)c1c(CN)c(=O)c2ccc(Cl)cc2n1-c1ccccc1.CN(C)C(=O)c1c(CN=[N+]=[N-])c(=O)c2ccc(Cl)cc2n1-c1ccccc1.[HH].[N-]=[N+]=[N-].[Na+]. The summed E-state index contributed by atoms with van der Waals surface area (Å²) in [5, 5.41) is 6.65. The van der Waals surface area contributed by atoms with E-state index in [1.807, 2.05) is 95.6 Å². The molecule has 0 spiro atoms. The Kier molecular flexibility index (Phi) is 28.4. The number of halogens is 4. The number of amides is 3. The number of aromatic nitrogens is 3. The van der Waals surface area contributed by atoms with E-state index in [1.54, 1.807) is 106 Å². The predicted molar refractivity (Wildman–Crippen MR) is 343 cm³/mol. The topological polar surface area (TPSA) is 260 Å². The quantitative estimate of drug-likeness (QED) is 0.0455. The van der Waals surface area contributed by atoms with E-state index in [0.29, 0.717) is 64.7 Å². The van der Waals surface area contributed by atoms with Gasteiger partial charge in [-0.15, -0.1) is 0 Å². The van der Waals surface area contributed by atoms with E-state index in [2.05, 4.69) is 26.0 Å². The van der Waals surface area contributed by atoms with Crippen molar-refractivity contribution in [3.8, 4) is 17.1 Å². The van der Waals surface area contributed by atoms with Crippen LogP contribution in [0.2, 0.25) is 15.1 Å². The second-order valence-corrected chi connectivity index (χ2v) is 19.8. The molecule has 0 atom stereocenters. The Bertz CT molecular complexity index is 3940. The number of azide groups is 1. The summed E-state index contributed by atoms with van der Waals surface area (Å²) in [6.45, 7) is -0.255. The molecule has 0 fully saturated rings. The first-order chi connectivity index (χ1) is 38.3. The summed E-state index contributed by atoms with van der Waals surface area (Å²) in [5.41, 5.74) is 32.9. The number of para-hydroxylation sites is 3. The molecule has 3 amide bonds. The third kappa shape index (κ3) is 15.7. The zero-order valence-electron chi connectivity index (χ0n) is 44.9. The maximum atomic E-state index is 13.1. The molecule has 0 unspecified atom stereocenters. The molecule has 0 aliphatic carbocycles. The molecular formula is C60H64BrCl3N13NaO6. The fourth-order valence-corrected chi connectivity index (χ4v) is 9.65. The summed E-state index contributed by atoms with van der Waals surface area (Å²) in [7, 11) is 9.82. The molecule has 2 N–H and O–H groups in total. The van der Waals surface area contributed by atoms with Crippen molar-refractivity contribution in [2.24, 2.45) is 10.8 Å². The number of nitrogens with two attached hydrogens (primary N) is 1. The van der Waals surface area contributed by atoms with Gasteiger partial charge >= 0.3 is 29.6 Å². The van der Waals surface area contributed by atoms with Gasteiger partial charge in [0.1, 0.15) is 17.1 Å². The Morgan fingerprint density at radius 2 is 0.786 bits per heavy atom. The van der Waals surface area contributed by atoms with Gasteiger partial charge in [0, 0.05) is 125 Å². The summed E-state index contributed by atoms with van der Waals surface area (Å²) < 4.78 is 5.25. The minimum Gasteiger partial charge on any atom is -0.373 e. The summed E-state index contributed by atoms with van der Waals surface area (Å²) in [4.78, 5) is 86.2. The molecule has 0 aliphatic rings. The monoisotopic (exact) mass is 1270 g/mol. The van der Waals surface area contributed by atoms with Gasteiger partial charge in [-0.05, 0) is 96.5 Å². The second-order valence-electron chi connectivity index (χ2n) is 17.9. The fraction of sp³-hybridized carbons (Fsp3) is 0.200. The fourth-order valence-electron chi connectivity index (χ4n) is 8.63. The van der Waals surface area contributed by atoms with E-state index < -0.39 is 0 Å². The summed E-state index contributed by atoms with van der Waals surface area (Å²) in [6, 6.07) is 43.0. The van der Waals surface area contributed by atoms with E-state index >= 15 is 0 Å². The van der Waals surface area contributed by atoms with Gasteiger partial charge in [0.2, 0.25) is 0 Å². The van der Waals surface area contributed by atoms with Crippen LogP contribution in [0.25, 0.3) is 76.2 Å². The average Bonchev–Trinajstić information content (AvgIpc) is 3.54. The number of rotatable bonds is 10. The first-order valence-corrected chi connectivity index (χ1v) is 26.2. The van der Waals surface area contributed by atoms with Gasteiger partial charge < -0.3 is 45.2 Å². The number of carbonyl (C=O) groups excluding carboxylic acids is 3. The van der Waals surface area contributed by atoms with Gasteiger partial charge in [-0.3, -0.25) is 33.7 Å². The molecule has 0 radical (unpaired) electrons. The standard InChI is InChI=1S/C19H16BrClN2O2.C19H16ClN5O2.C19H18ClN3O2.3CH4.N3.Na.H2/c1-22(2)19(25)17-15(11-20)18(24)14-9-8-12(21)10-16(14)23(17)13-6-4-3-5-7-13;1-24(2)19(27)17-15(11-22-23-21)18(26)14-9-8-12(20)10-16(14)25(17)13-6-4-3-5-7-13;1-22(2)19(25)17-15(11-21)18(24)14-9-8-12(20)10-16(14)23(17)13-6-4-3-5-7-13;;;;1-3-2;;/h3-10H,11H2,1-2H3;3-10H,11H2,1-2H3;3-10H,11,21H2,1-2H3;3*1H4;;;1H/q;;;;;;-1;+1;. The molecule has 9 aromatic rings. The Morgan fingerprint density at radius 3 is 1.06 bits per heavy atom. The smallest absolute Gasteiger partial charge is 0.373 e. The van der Waals surface area contributed by atoms with Crippen LogP contribution < -0.4 is 51.6 Å². The minimum atomic E-state index is -0.374. The van der Waals surface area contributed by atoms with Crippen LogP contribution in [0, 0.1) is 0 Å². The van der Waals surface area contributed by atoms with Gasteiger partial charge in [-0.1, -0.05) is 133 Å². The first kappa shape index (κ1) is 72.4. The van der Waals surface area contributed by atoms with E-state index in [0.717, 1.165) is 11.4 Å². The molecule has 0 bridgehead atoms. The number of pyridine rings is 3. The summed E-state index contributed by atoms with van der Waals surface area (Å²) in [6.07, 6.45) is 0. The van der Waals surface area contributed by atoms with Crippen molar-refractivity contribution in [2.75, 3.05) is 42.3 Å². The van der Waals surface area contributed by atoms with Crippen LogP contribution in [0.3, 0.4) is 0 Å². The Labute approximate surface area is 533 Å². The van der Waals surface area contributed by atoms with Crippen molar-refractivity contribution in [3.63, 3.8) is 0 Å². The molecular weight excluding hydrogens is 1210 g/mol. The first-order valence-electron chi connectivity index (χ1n) is 24.0. The molecule has 3 heterocycles. The van der Waals surface area contributed by atoms with E-state index in [9.17, 15) is 28.8 Å². The maximum absolute atomic E-state index is 13.1. The van der Waals surface area contributed by atoms with Gasteiger partial charge in [-0.25, -0.2) is 0 Å². The van der Waals surface area contributed by atoms with Crippen LogP contribution in [0.1, 0.15) is 71.9 Å². The van der Waals surface area contributed by atoms with Crippen LogP contribution in [-0.4, -0.2) is 88.4 Å². The van der Waals surface area contributed by atoms with Gasteiger partial charge in [-0.2, -0.15) is 0 Å². The summed E-state index contributed by atoms with van der Waals surface area (Å²) in [5.74, 6) is -0.901. The molecule has 9 rings (SSSR count). The number of fused-ring (bicyclic) bond motifs is 3. The van der Waals surface area contributed by atoms with E-state index in [1.165, 1.54) is 19.6 Å². The van der Waals surface area contributed by atoms with Gasteiger partial charge in [0.25, 0.3) is 17.7 Å². The van der Waals surface area contributed by atoms with Crippen molar-refractivity contribution in [3.05, 3.63) is 252 Å². The van der Waals surface area contributed by atoms with Crippen LogP contribution in [-0.2, 0) is 18.4 Å². The number of carbonyl (C=O) groups is 3. The average molecular weight is 1270 g/mol. The molecule has 0 aliphatic heterocycles.